The molecule has 0 spiro atoms. The van der Waals surface area contributed by atoms with Crippen LogP contribution in [0.5, 0.6) is 0 Å². The van der Waals surface area contributed by atoms with Crippen LogP contribution >= 0.6 is 7.75 Å². The molecule has 0 saturated carbocycles. The molecule has 1 unspecified atom stereocenters. The lowest BCUT2D eigenvalue weighted by Gasteiger charge is -2.16. The van der Waals surface area contributed by atoms with Crippen LogP contribution in [0.2, 0.25) is 0 Å². The third-order valence-electron chi connectivity index (χ3n) is 3.09. The Labute approximate surface area is 148 Å². The molecule has 1 aromatic carbocycles. The Morgan fingerprint density at radius 2 is 1.92 bits per heavy atom. The summed E-state index contributed by atoms with van der Waals surface area (Å²) in [6.07, 6.45) is 1.45. The molecule has 0 bridgehead atoms. The number of nitrogens with zero attached hydrogens (tertiary/aromatic N) is 1. The first kappa shape index (κ1) is 20.9. The van der Waals surface area contributed by atoms with Crippen LogP contribution < -0.4 is 5.73 Å². The van der Waals surface area contributed by atoms with Gasteiger partial charge in [-0.25, -0.2) is 9.36 Å². The summed E-state index contributed by atoms with van der Waals surface area (Å²) in [7, 11) is -3.92. The van der Waals surface area contributed by atoms with Crippen LogP contribution in [0.3, 0.4) is 0 Å². The zero-order valence-electron chi connectivity index (χ0n) is 15.0. The minimum Gasteiger partial charge on any atom is -0.463 e. The standard InChI is InChI=1S/C17H25N2O5P/c1-5-14(12-16(20)22-6-2)24-25(21,23-7-3)19-17(18)15-11-9-8-10-13(15)4/h8-12H,5-7H2,1-4H3,(H2,18,19,21)/b14-12+. The summed E-state index contributed by atoms with van der Waals surface area (Å²) in [5.41, 5.74) is 7.50. The van der Waals surface area contributed by atoms with E-state index in [4.69, 9.17) is 19.5 Å². The van der Waals surface area contributed by atoms with Crippen LogP contribution in [0, 0.1) is 6.92 Å². The average molecular weight is 368 g/mol. The van der Waals surface area contributed by atoms with Crippen LogP contribution in [0.25, 0.3) is 0 Å². The molecule has 0 aliphatic rings. The zero-order chi connectivity index (χ0) is 18.9. The van der Waals surface area contributed by atoms with Gasteiger partial charge in [0.1, 0.15) is 11.6 Å². The lowest BCUT2D eigenvalue weighted by atomic mass is 10.1. The van der Waals surface area contributed by atoms with Gasteiger partial charge in [-0.15, -0.1) is 4.76 Å². The minimum absolute atomic E-state index is 0.0430. The van der Waals surface area contributed by atoms with E-state index in [0.29, 0.717) is 12.0 Å². The van der Waals surface area contributed by atoms with Gasteiger partial charge < -0.3 is 15.0 Å². The van der Waals surface area contributed by atoms with E-state index in [1.54, 1.807) is 32.9 Å². The molecule has 1 atom stereocenters. The molecule has 8 heteroatoms. The molecule has 0 fully saturated rings. The van der Waals surface area contributed by atoms with Crippen molar-refractivity contribution in [3.63, 3.8) is 0 Å². The fourth-order valence-corrected chi connectivity index (χ4v) is 3.27. The van der Waals surface area contributed by atoms with Gasteiger partial charge in [0.05, 0.1) is 19.3 Å². The molecule has 0 aromatic heterocycles. The Kier molecular flexibility index (Phi) is 8.38. The summed E-state index contributed by atoms with van der Waals surface area (Å²) in [6, 6.07) is 7.29. The van der Waals surface area contributed by atoms with Crippen molar-refractivity contribution in [2.45, 2.75) is 34.1 Å². The van der Waals surface area contributed by atoms with E-state index in [9.17, 15) is 9.36 Å². The molecule has 25 heavy (non-hydrogen) atoms. The van der Waals surface area contributed by atoms with E-state index in [-0.39, 0.29) is 24.8 Å². The lowest BCUT2D eigenvalue weighted by Crippen LogP contribution is -2.15. The SMILES string of the molecule is CCOC(=O)/C=C(\CC)OP(=O)(/N=C(/N)c1ccccc1C)OCC. The molecule has 0 aliphatic heterocycles. The number of hydrogen-bond acceptors (Lipinski definition) is 5. The van der Waals surface area contributed by atoms with Gasteiger partial charge >= 0.3 is 13.7 Å². The number of carbonyl (C=O) groups excluding carboxylic acids is 1. The van der Waals surface area contributed by atoms with E-state index in [1.807, 2.05) is 19.1 Å². The van der Waals surface area contributed by atoms with Gasteiger partial charge in [0.25, 0.3) is 0 Å². The first-order valence-corrected chi connectivity index (χ1v) is 9.57. The number of esters is 1. The second kappa shape index (κ2) is 10.0. The summed E-state index contributed by atoms with van der Waals surface area (Å²) < 4.78 is 32.3. The van der Waals surface area contributed by atoms with Gasteiger partial charge in [-0.1, -0.05) is 31.2 Å². The second-order valence-electron chi connectivity index (χ2n) is 4.99. The van der Waals surface area contributed by atoms with Crippen molar-refractivity contribution in [2.75, 3.05) is 13.2 Å². The normalized spacial score (nSPS) is 14.7. The lowest BCUT2D eigenvalue weighted by molar-refractivity contribution is -0.137. The monoisotopic (exact) mass is 368 g/mol. The minimum atomic E-state index is -3.92. The third-order valence-corrected chi connectivity index (χ3v) is 4.60. The highest BCUT2D eigenvalue weighted by molar-refractivity contribution is 7.52. The molecule has 7 nitrogen and oxygen atoms in total. The molecule has 0 amide bonds. The smallest absolute Gasteiger partial charge is 0.463 e. The summed E-state index contributed by atoms with van der Waals surface area (Å²) in [5.74, 6) is -0.392. The Hall–Kier alpha value is -2.11. The predicted octanol–water partition coefficient (Wildman–Crippen LogP) is 3.72. The maximum absolute atomic E-state index is 12.9. The van der Waals surface area contributed by atoms with Gasteiger partial charge in [0.15, 0.2) is 0 Å². The topological polar surface area (TPSA) is 100 Å². The average Bonchev–Trinajstić information content (AvgIpc) is 2.54. The Morgan fingerprint density at radius 3 is 2.48 bits per heavy atom. The number of benzene rings is 1. The Morgan fingerprint density at radius 1 is 1.24 bits per heavy atom. The predicted molar refractivity (Wildman–Crippen MR) is 97.2 cm³/mol. The largest absolute Gasteiger partial charge is 0.509 e. The van der Waals surface area contributed by atoms with Crippen molar-refractivity contribution >= 4 is 19.6 Å². The maximum atomic E-state index is 12.9. The first-order chi connectivity index (χ1) is 11.8. The summed E-state index contributed by atoms with van der Waals surface area (Å²) in [5, 5.41) is 0. The van der Waals surface area contributed by atoms with Gasteiger partial charge in [0.2, 0.25) is 0 Å². The zero-order valence-corrected chi connectivity index (χ0v) is 15.9. The third kappa shape index (κ3) is 6.72. The van der Waals surface area contributed by atoms with Crippen molar-refractivity contribution in [1.82, 2.24) is 0 Å². The molecule has 0 saturated heterocycles. The fourth-order valence-electron chi connectivity index (χ4n) is 1.94. The Bertz CT molecular complexity index is 700. The number of carbonyl (C=O) groups is 1. The van der Waals surface area contributed by atoms with Crippen molar-refractivity contribution in [2.24, 2.45) is 10.5 Å². The van der Waals surface area contributed by atoms with E-state index in [1.165, 1.54) is 0 Å². The van der Waals surface area contributed by atoms with Gasteiger partial charge in [-0.2, -0.15) is 0 Å². The number of ether oxygens (including phenoxy) is 1. The summed E-state index contributed by atoms with van der Waals surface area (Å²) >= 11 is 0. The number of aryl methyl sites for hydroxylation is 1. The number of rotatable bonds is 9. The first-order valence-electron chi connectivity index (χ1n) is 8.08. The van der Waals surface area contributed by atoms with Crippen LogP contribution in [-0.4, -0.2) is 25.0 Å². The quantitative estimate of drug-likeness (QED) is 0.178. The van der Waals surface area contributed by atoms with E-state index in [0.717, 1.165) is 11.6 Å². The van der Waals surface area contributed by atoms with Crippen LogP contribution in [0.1, 0.15) is 38.3 Å². The highest BCUT2D eigenvalue weighted by Crippen LogP contribution is 2.52. The molecule has 138 valence electrons. The van der Waals surface area contributed by atoms with Crippen LogP contribution in [0.4, 0.5) is 0 Å². The summed E-state index contributed by atoms with van der Waals surface area (Å²) in [6.45, 7) is 7.30. The van der Waals surface area contributed by atoms with Crippen molar-refractivity contribution < 1.29 is 23.1 Å². The molecule has 0 aliphatic carbocycles. The van der Waals surface area contributed by atoms with E-state index < -0.39 is 13.7 Å². The number of allylic oxidation sites excluding steroid dienone is 1. The van der Waals surface area contributed by atoms with E-state index >= 15 is 0 Å². The van der Waals surface area contributed by atoms with Gasteiger partial charge in [-0.3, -0.25) is 4.52 Å². The molecule has 2 N–H and O–H groups in total. The fraction of sp³-hybridized carbons (Fsp3) is 0.412. The van der Waals surface area contributed by atoms with Crippen molar-refractivity contribution in [1.29, 1.82) is 0 Å². The maximum Gasteiger partial charge on any atom is 0.509 e. The van der Waals surface area contributed by atoms with Crippen molar-refractivity contribution in [3.05, 3.63) is 47.2 Å². The van der Waals surface area contributed by atoms with Crippen LogP contribution in [0.15, 0.2) is 40.9 Å². The molecule has 0 heterocycles. The molecule has 1 rings (SSSR count). The second-order valence-corrected chi connectivity index (χ2v) is 6.57. The highest BCUT2D eigenvalue weighted by Gasteiger charge is 2.27. The molecular weight excluding hydrogens is 343 g/mol. The van der Waals surface area contributed by atoms with Crippen molar-refractivity contribution in [3.8, 4) is 0 Å². The number of nitrogens with two attached hydrogens (primary N) is 1. The summed E-state index contributed by atoms with van der Waals surface area (Å²) in [4.78, 5) is 11.6. The number of hydrogen-bond donors (Lipinski definition) is 1. The molecule has 0 radical (unpaired) electrons. The van der Waals surface area contributed by atoms with E-state index in [2.05, 4.69) is 4.76 Å². The highest BCUT2D eigenvalue weighted by atomic mass is 31.2. The number of amidine groups is 1. The molecular formula is C17H25N2O5P. The molecule has 1 aromatic rings. The van der Waals surface area contributed by atoms with Gasteiger partial charge in [-0.05, 0) is 26.3 Å². The van der Waals surface area contributed by atoms with Crippen LogP contribution in [-0.2, 0) is 23.1 Å². The van der Waals surface area contributed by atoms with Gasteiger partial charge in [0, 0.05) is 12.0 Å². The Balaban J connectivity index is 3.14.